The third kappa shape index (κ3) is 2.75. The lowest BCUT2D eigenvalue weighted by Crippen LogP contribution is -2.13. The number of amides is 1. The highest BCUT2D eigenvalue weighted by Gasteiger charge is 2.11. The first-order chi connectivity index (χ1) is 8.06. The summed E-state index contributed by atoms with van der Waals surface area (Å²) in [4.78, 5) is 15.6. The largest absolute Gasteiger partial charge is 0.319 e. The second-order valence-corrected chi connectivity index (χ2v) is 4.14. The quantitative estimate of drug-likeness (QED) is 0.882. The van der Waals surface area contributed by atoms with Crippen molar-refractivity contribution in [2.75, 3.05) is 5.32 Å². The average molecular weight is 271 g/mol. The number of carbonyl (C=O) groups excluding carboxylic acids is 1. The van der Waals surface area contributed by atoms with Crippen molar-refractivity contribution in [3.8, 4) is 0 Å². The molecule has 0 atom stereocenters. The zero-order chi connectivity index (χ0) is 12.4. The summed E-state index contributed by atoms with van der Waals surface area (Å²) in [7, 11) is 0. The molecule has 88 valence electrons. The standard InChI is InChI=1S/C10H8Cl2N4O/c1-5-13-9(16-15-5)10(17)14-6-2-3-7(11)8(12)4-6/h2-4H,1H3,(H,14,17)(H,13,15,16). The van der Waals surface area contributed by atoms with Crippen molar-refractivity contribution < 1.29 is 4.79 Å². The van der Waals surface area contributed by atoms with Crippen molar-refractivity contribution >= 4 is 34.8 Å². The van der Waals surface area contributed by atoms with Gasteiger partial charge in [-0.3, -0.25) is 9.89 Å². The number of anilines is 1. The van der Waals surface area contributed by atoms with Gasteiger partial charge in [-0.05, 0) is 25.1 Å². The normalized spacial score (nSPS) is 10.3. The lowest BCUT2D eigenvalue weighted by atomic mass is 10.3. The van der Waals surface area contributed by atoms with Crippen molar-refractivity contribution in [2.24, 2.45) is 0 Å². The maximum absolute atomic E-state index is 11.7. The Labute approximate surface area is 107 Å². The van der Waals surface area contributed by atoms with E-state index < -0.39 is 5.91 Å². The summed E-state index contributed by atoms with van der Waals surface area (Å²) in [6, 6.07) is 4.80. The van der Waals surface area contributed by atoms with Gasteiger partial charge >= 0.3 is 0 Å². The first-order valence-electron chi connectivity index (χ1n) is 4.71. The van der Waals surface area contributed by atoms with Crippen LogP contribution in [0.5, 0.6) is 0 Å². The molecule has 0 fully saturated rings. The number of halogens is 2. The molecule has 5 nitrogen and oxygen atoms in total. The van der Waals surface area contributed by atoms with Crippen LogP contribution in [0.3, 0.4) is 0 Å². The van der Waals surface area contributed by atoms with Crippen LogP contribution in [0.25, 0.3) is 0 Å². The Morgan fingerprint density at radius 1 is 1.35 bits per heavy atom. The molecule has 2 rings (SSSR count). The van der Waals surface area contributed by atoms with Crippen molar-refractivity contribution in [2.45, 2.75) is 6.92 Å². The van der Waals surface area contributed by atoms with Crippen molar-refractivity contribution in [1.29, 1.82) is 0 Å². The Hall–Kier alpha value is -1.59. The summed E-state index contributed by atoms with van der Waals surface area (Å²) >= 11 is 11.6. The van der Waals surface area contributed by atoms with E-state index in [2.05, 4.69) is 20.5 Å². The number of hydrogen-bond acceptors (Lipinski definition) is 3. The van der Waals surface area contributed by atoms with Crippen LogP contribution in [-0.2, 0) is 0 Å². The average Bonchev–Trinajstić information content (AvgIpc) is 2.70. The Balaban J connectivity index is 2.15. The Morgan fingerprint density at radius 3 is 2.71 bits per heavy atom. The molecular formula is C10H8Cl2N4O. The molecule has 0 radical (unpaired) electrons. The molecule has 1 aromatic heterocycles. The first kappa shape index (κ1) is 11.9. The van der Waals surface area contributed by atoms with Crippen LogP contribution in [-0.4, -0.2) is 21.1 Å². The first-order valence-corrected chi connectivity index (χ1v) is 5.47. The van der Waals surface area contributed by atoms with Gasteiger partial charge < -0.3 is 5.32 Å². The summed E-state index contributed by atoms with van der Waals surface area (Å²) in [6.45, 7) is 1.71. The summed E-state index contributed by atoms with van der Waals surface area (Å²) in [5, 5.41) is 9.74. The molecule has 17 heavy (non-hydrogen) atoms. The molecule has 0 aliphatic rings. The van der Waals surface area contributed by atoms with Gasteiger partial charge in [-0.1, -0.05) is 23.2 Å². The van der Waals surface area contributed by atoms with E-state index in [0.717, 1.165) is 0 Å². The monoisotopic (exact) mass is 270 g/mol. The molecule has 0 saturated carbocycles. The van der Waals surface area contributed by atoms with Gasteiger partial charge in [0, 0.05) is 5.69 Å². The van der Waals surface area contributed by atoms with E-state index in [-0.39, 0.29) is 5.82 Å². The number of carbonyl (C=O) groups is 1. The molecule has 0 aliphatic carbocycles. The lowest BCUT2D eigenvalue weighted by molar-refractivity contribution is 0.101. The second kappa shape index (κ2) is 4.73. The van der Waals surface area contributed by atoms with Gasteiger partial charge in [0.05, 0.1) is 10.0 Å². The number of hydrogen-bond donors (Lipinski definition) is 2. The molecule has 0 saturated heterocycles. The van der Waals surface area contributed by atoms with Crippen molar-refractivity contribution in [1.82, 2.24) is 15.2 Å². The molecule has 2 N–H and O–H groups in total. The predicted octanol–water partition coefficient (Wildman–Crippen LogP) is 2.67. The van der Waals surface area contributed by atoms with Crippen LogP contribution in [0, 0.1) is 6.92 Å². The Bertz CT molecular complexity index is 567. The molecule has 1 heterocycles. The Morgan fingerprint density at radius 2 is 2.12 bits per heavy atom. The molecular weight excluding hydrogens is 263 g/mol. The summed E-state index contributed by atoms with van der Waals surface area (Å²) in [5.74, 6) is 0.241. The number of H-pyrrole nitrogens is 1. The van der Waals surface area contributed by atoms with Crippen LogP contribution < -0.4 is 5.32 Å². The van der Waals surface area contributed by atoms with Gasteiger partial charge in [0.25, 0.3) is 5.91 Å². The molecule has 0 unspecified atom stereocenters. The molecule has 1 amide bonds. The minimum atomic E-state index is -0.410. The van der Waals surface area contributed by atoms with Crippen molar-refractivity contribution in [3.05, 3.63) is 39.9 Å². The zero-order valence-electron chi connectivity index (χ0n) is 8.79. The van der Waals surface area contributed by atoms with Gasteiger partial charge in [0.15, 0.2) is 0 Å². The SMILES string of the molecule is Cc1nc(C(=O)Nc2ccc(Cl)c(Cl)c2)n[nH]1. The predicted molar refractivity (Wildman–Crippen MR) is 65.5 cm³/mol. The fraction of sp³-hybridized carbons (Fsp3) is 0.100. The minimum Gasteiger partial charge on any atom is -0.319 e. The van der Waals surface area contributed by atoms with E-state index in [9.17, 15) is 4.79 Å². The topological polar surface area (TPSA) is 70.7 Å². The van der Waals surface area contributed by atoms with Gasteiger partial charge in [0.1, 0.15) is 5.82 Å². The summed E-state index contributed by atoms with van der Waals surface area (Å²) in [6.07, 6.45) is 0. The van der Waals surface area contributed by atoms with Crippen LogP contribution in [0.4, 0.5) is 5.69 Å². The number of nitrogens with one attached hydrogen (secondary N) is 2. The third-order valence-corrected chi connectivity index (χ3v) is 2.72. The molecule has 1 aromatic carbocycles. The smallest absolute Gasteiger partial charge is 0.295 e. The third-order valence-electron chi connectivity index (χ3n) is 1.98. The number of nitrogens with zero attached hydrogens (tertiary/aromatic N) is 2. The molecule has 7 heteroatoms. The van der Waals surface area contributed by atoms with E-state index in [1.54, 1.807) is 25.1 Å². The molecule has 2 aromatic rings. The molecule has 0 aliphatic heterocycles. The van der Waals surface area contributed by atoms with E-state index >= 15 is 0 Å². The lowest BCUT2D eigenvalue weighted by Gasteiger charge is -2.03. The van der Waals surface area contributed by atoms with E-state index in [0.29, 0.717) is 21.6 Å². The van der Waals surface area contributed by atoms with E-state index in [1.165, 1.54) is 0 Å². The zero-order valence-corrected chi connectivity index (χ0v) is 10.3. The second-order valence-electron chi connectivity index (χ2n) is 3.33. The molecule has 0 spiro atoms. The van der Waals surface area contributed by atoms with Crippen LogP contribution in [0.1, 0.15) is 16.4 Å². The number of aryl methyl sites for hydroxylation is 1. The summed E-state index contributed by atoms with van der Waals surface area (Å²) < 4.78 is 0. The van der Waals surface area contributed by atoms with E-state index in [4.69, 9.17) is 23.2 Å². The highest BCUT2D eigenvalue weighted by Crippen LogP contribution is 2.25. The molecule has 0 bridgehead atoms. The number of aromatic nitrogens is 3. The van der Waals surface area contributed by atoms with Crippen molar-refractivity contribution in [3.63, 3.8) is 0 Å². The Kier molecular flexibility index (Phi) is 3.31. The van der Waals surface area contributed by atoms with Gasteiger partial charge in [-0.15, -0.1) is 5.10 Å². The van der Waals surface area contributed by atoms with Crippen LogP contribution >= 0.6 is 23.2 Å². The minimum absolute atomic E-state index is 0.0774. The van der Waals surface area contributed by atoms with Gasteiger partial charge in [-0.25, -0.2) is 4.98 Å². The fourth-order valence-corrected chi connectivity index (χ4v) is 1.50. The van der Waals surface area contributed by atoms with Crippen LogP contribution in [0.2, 0.25) is 10.0 Å². The van der Waals surface area contributed by atoms with Gasteiger partial charge in [0.2, 0.25) is 5.82 Å². The maximum atomic E-state index is 11.7. The highest BCUT2D eigenvalue weighted by molar-refractivity contribution is 6.42. The van der Waals surface area contributed by atoms with Gasteiger partial charge in [-0.2, -0.15) is 0 Å². The highest BCUT2D eigenvalue weighted by atomic mass is 35.5. The number of rotatable bonds is 2. The fourth-order valence-electron chi connectivity index (χ4n) is 1.21. The van der Waals surface area contributed by atoms with Crippen LogP contribution in [0.15, 0.2) is 18.2 Å². The number of aromatic amines is 1. The number of benzene rings is 1. The van der Waals surface area contributed by atoms with E-state index in [1.807, 2.05) is 0 Å². The summed E-state index contributed by atoms with van der Waals surface area (Å²) in [5.41, 5.74) is 0.534. The maximum Gasteiger partial charge on any atom is 0.295 e.